The molecule has 2 fully saturated rings. The lowest BCUT2D eigenvalue weighted by Crippen LogP contribution is -2.52. The van der Waals surface area contributed by atoms with E-state index in [0.717, 1.165) is 50.0 Å². The molecule has 4 heterocycles. The molecule has 0 unspecified atom stereocenters. The van der Waals surface area contributed by atoms with Gasteiger partial charge in [-0.2, -0.15) is 11.3 Å². The fourth-order valence-corrected chi connectivity index (χ4v) is 4.75. The van der Waals surface area contributed by atoms with E-state index in [9.17, 15) is 9.59 Å². The van der Waals surface area contributed by atoms with Gasteiger partial charge in [0.05, 0.1) is 5.56 Å². The molecule has 2 aromatic rings. The van der Waals surface area contributed by atoms with Gasteiger partial charge in [-0.25, -0.2) is 0 Å². The quantitative estimate of drug-likeness (QED) is 0.835. The van der Waals surface area contributed by atoms with Crippen molar-refractivity contribution in [1.82, 2.24) is 14.8 Å². The summed E-state index contributed by atoms with van der Waals surface area (Å²) >= 11 is 1.56. The summed E-state index contributed by atoms with van der Waals surface area (Å²) in [5, 5.41) is 3.87. The van der Waals surface area contributed by atoms with E-state index in [0.29, 0.717) is 13.0 Å². The first-order valence-corrected chi connectivity index (χ1v) is 10.1. The van der Waals surface area contributed by atoms with Crippen LogP contribution in [0, 0.1) is 5.41 Å². The smallest absolute Gasteiger partial charge is 0.254 e. The summed E-state index contributed by atoms with van der Waals surface area (Å²) in [4.78, 5) is 33.0. The minimum absolute atomic E-state index is 0.140. The molecule has 136 valence electrons. The highest BCUT2D eigenvalue weighted by molar-refractivity contribution is 7.08. The van der Waals surface area contributed by atoms with Crippen molar-refractivity contribution in [3.8, 4) is 0 Å². The van der Waals surface area contributed by atoms with Gasteiger partial charge in [-0.15, -0.1) is 0 Å². The summed E-state index contributed by atoms with van der Waals surface area (Å²) in [7, 11) is 0. The Morgan fingerprint density at radius 3 is 2.62 bits per heavy atom. The summed E-state index contributed by atoms with van der Waals surface area (Å²) in [5.41, 5.74) is 2.08. The summed E-state index contributed by atoms with van der Waals surface area (Å²) in [6.45, 7) is 3.02. The molecule has 2 aromatic heterocycles. The molecule has 1 spiro atoms. The first-order chi connectivity index (χ1) is 12.7. The van der Waals surface area contributed by atoms with Crippen LogP contribution in [0.3, 0.4) is 0 Å². The Kier molecular flexibility index (Phi) is 4.76. The normalized spacial score (nSPS) is 19.8. The summed E-state index contributed by atoms with van der Waals surface area (Å²) in [5.74, 6) is 0.380. The summed E-state index contributed by atoms with van der Waals surface area (Å²) < 4.78 is 0. The number of hydrogen-bond donors (Lipinski definition) is 0. The van der Waals surface area contributed by atoms with Gasteiger partial charge >= 0.3 is 0 Å². The largest absolute Gasteiger partial charge is 0.339 e. The highest BCUT2D eigenvalue weighted by Crippen LogP contribution is 2.40. The summed E-state index contributed by atoms with van der Waals surface area (Å²) in [6.07, 6.45) is 7.05. The van der Waals surface area contributed by atoms with Crippen molar-refractivity contribution in [3.63, 3.8) is 0 Å². The SMILES string of the molecule is O=C1CCC2(CCN(C(=O)c3ccsc3)CC2)CN1Cc1ccncc1. The van der Waals surface area contributed by atoms with E-state index >= 15 is 0 Å². The van der Waals surface area contributed by atoms with Gasteiger partial charge < -0.3 is 9.80 Å². The predicted octanol–water partition coefficient (Wildman–Crippen LogP) is 3.19. The zero-order chi connectivity index (χ0) is 18.0. The molecular weight excluding hydrogens is 346 g/mol. The number of nitrogens with zero attached hydrogens (tertiary/aromatic N) is 3. The molecule has 0 aromatic carbocycles. The van der Waals surface area contributed by atoms with E-state index in [1.807, 2.05) is 38.8 Å². The molecule has 4 rings (SSSR count). The lowest BCUT2D eigenvalue weighted by atomic mass is 9.72. The van der Waals surface area contributed by atoms with Gasteiger partial charge in [-0.1, -0.05) is 0 Å². The van der Waals surface area contributed by atoms with Gasteiger partial charge in [0.2, 0.25) is 5.91 Å². The number of aromatic nitrogens is 1. The molecule has 2 aliphatic heterocycles. The molecule has 2 amide bonds. The highest BCUT2D eigenvalue weighted by Gasteiger charge is 2.41. The number of thiophene rings is 1. The van der Waals surface area contributed by atoms with E-state index in [2.05, 4.69) is 4.98 Å². The van der Waals surface area contributed by atoms with Crippen molar-refractivity contribution in [2.24, 2.45) is 5.41 Å². The van der Waals surface area contributed by atoms with Crippen LogP contribution in [0.15, 0.2) is 41.4 Å². The van der Waals surface area contributed by atoms with Crippen LogP contribution in [0.5, 0.6) is 0 Å². The fraction of sp³-hybridized carbons (Fsp3) is 0.450. The fourth-order valence-electron chi connectivity index (χ4n) is 4.12. The molecule has 2 aliphatic rings. The van der Waals surface area contributed by atoms with E-state index in [-0.39, 0.29) is 17.2 Å². The van der Waals surface area contributed by atoms with Crippen molar-refractivity contribution in [2.75, 3.05) is 19.6 Å². The molecule has 0 bridgehead atoms. The third kappa shape index (κ3) is 3.51. The minimum Gasteiger partial charge on any atom is -0.339 e. The van der Waals surface area contributed by atoms with Crippen LogP contribution in [-0.4, -0.2) is 46.2 Å². The molecular formula is C20H23N3O2S. The minimum atomic E-state index is 0.140. The van der Waals surface area contributed by atoms with Crippen molar-refractivity contribution in [3.05, 3.63) is 52.5 Å². The maximum Gasteiger partial charge on any atom is 0.254 e. The average molecular weight is 369 g/mol. The zero-order valence-electron chi connectivity index (χ0n) is 14.8. The van der Waals surface area contributed by atoms with Crippen molar-refractivity contribution in [2.45, 2.75) is 32.2 Å². The number of hydrogen-bond acceptors (Lipinski definition) is 4. The Balaban J connectivity index is 1.40. The van der Waals surface area contributed by atoms with Gasteiger partial charge in [-0.05, 0) is 53.8 Å². The lowest BCUT2D eigenvalue weighted by Gasteiger charge is -2.47. The summed E-state index contributed by atoms with van der Waals surface area (Å²) in [6, 6.07) is 5.83. The second-order valence-corrected chi connectivity index (χ2v) is 8.19. The topological polar surface area (TPSA) is 53.5 Å². The number of pyridine rings is 1. The Morgan fingerprint density at radius 2 is 1.92 bits per heavy atom. The zero-order valence-corrected chi connectivity index (χ0v) is 15.6. The van der Waals surface area contributed by atoms with Crippen molar-refractivity contribution < 1.29 is 9.59 Å². The van der Waals surface area contributed by atoms with Crippen LogP contribution < -0.4 is 0 Å². The molecule has 0 saturated carbocycles. The van der Waals surface area contributed by atoms with Crippen LogP contribution in [0.2, 0.25) is 0 Å². The standard InChI is InChI=1S/C20H23N3O2S/c24-18-1-5-20(15-23(18)13-16-2-8-21-9-3-16)6-10-22(11-7-20)19(25)17-4-12-26-14-17/h2-4,8-9,12,14H,1,5-7,10-11,13,15H2. The third-order valence-corrected chi connectivity index (χ3v) is 6.43. The van der Waals surface area contributed by atoms with Crippen LogP contribution in [0.1, 0.15) is 41.6 Å². The Morgan fingerprint density at radius 1 is 1.15 bits per heavy atom. The Hall–Kier alpha value is -2.21. The van der Waals surface area contributed by atoms with Gasteiger partial charge in [-0.3, -0.25) is 14.6 Å². The molecule has 0 radical (unpaired) electrons. The van der Waals surface area contributed by atoms with Crippen LogP contribution in [0.4, 0.5) is 0 Å². The maximum atomic E-state index is 12.6. The maximum absolute atomic E-state index is 12.6. The first kappa shape index (κ1) is 17.2. The van der Waals surface area contributed by atoms with E-state index in [4.69, 9.17) is 0 Å². The third-order valence-electron chi connectivity index (χ3n) is 5.75. The van der Waals surface area contributed by atoms with Crippen molar-refractivity contribution >= 4 is 23.2 Å². The van der Waals surface area contributed by atoms with Gasteiger partial charge in [0.25, 0.3) is 5.91 Å². The Bertz CT molecular complexity index is 768. The molecule has 0 N–H and O–H groups in total. The molecule has 26 heavy (non-hydrogen) atoms. The van der Waals surface area contributed by atoms with Crippen LogP contribution >= 0.6 is 11.3 Å². The molecule has 2 saturated heterocycles. The molecule has 0 aliphatic carbocycles. The van der Waals surface area contributed by atoms with Crippen LogP contribution in [-0.2, 0) is 11.3 Å². The second kappa shape index (κ2) is 7.19. The number of likely N-dealkylation sites (tertiary alicyclic amines) is 2. The molecule has 0 atom stereocenters. The van der Waals surface area contributed by atoms with E-state index < -0.39 is 0 Å². The Labute approximate surface area is 157 Å². The van der Waals surface area contributed by atoms with Gasteiger partial charge in [0.15, 0.2) is 0 Å². The number of carbonyl (C=O) groups is 2. The second-order valence-electron chi connectivity index (χ2n) is 7.41. The van der Waals surface area contributed by atoms with Crippen molar-refractivity contribution in [1.29, 1.82) is 0 Å². The monoisotopic (exact) mass is 369 g/mol. The van der Waals surface area contributed by atoms with E-state index in [1.165, 1.54) is 0 Å². The predicted molar refractivity (Wildman–Crippen MR) is 101 cm³/mol. The van der Waals surface area contributed by atoms with Gasteiger partial charge in [0, 0.05) is 50.4 Å². The highest BCUT2D eigenvalue weighted by atomic mass is 32.1. The average Bonchev–Trinajstić information content (AvgIpc) is 3.21. The number of amides is 2. The number of carbonyl (C=O) groups excluding carboxylic acids is 2. The van der Waals surface area contributed by atoms with E-state index in [1.54, 1.807) is 23.7 Å². The van der Waals surface area contributed by atoms with Crippen LogP contribution in [0.25, 0.3) is 0 Å². The number of rotatable bonds is 3. The lowest BCUT2D eigenvalue weighted by molar-refractivity contribution is -0.139. The molecule has 6 heteroatoms. The molecule has 5 nitrogen and oxygen atoms in total. The number of piperidine rings is 2. The van der Waals surface area contributed by atoms with Gasteiger partial charge in [0.1, 0.15) is 0 Å². The first-order valence-electron chi connectivity index (χ1n) is 9.13.